The lowest BCUT2D eigenvalue weighted by atomic mass is 9.85. The van der Waals surface area contributed by atoms with Crippen molar-refractivity contribution in [2.75, 3.05) is 36.5 Å². The standard InChI is InChI=1S/C32H35N7O3/c40-30(23-39-29-11-5-4-10-28(29)35-36-39)38(22-24-7-6-16-33-21-24)31(25-8-2-1-3-9-25)32(41)34-26-12-14-27(15-13-26)37-17-19-42-20-18-37/h1-2,4-7,10-16,21,25,31H,3,8-9,17-20,22-23H2,(H,34,41)/t25-,31+/m0/s1. The van der Waals surface area contributed by atoms with Gasteiger partial charge in [0.05, 0.1) is 18.7 Å². The first-order valence-corrected chi connectivity index (χ1v) is 14.5. The zero-order valence-corrected chi connectivity index (χ0v) is 23.5. The summed E-state index contributed by atoms with van der Waals surface area (Å²) in [5.74, 6) is -0.433. The van der Waals surface area contributed by atoms with Crippen LogP contribution in [0.5, 0.6) is 0 Å². The van der Waals surface area contributed by atoms with Crippen molar-refractivity contribution in [1.29, 1.82) is 0 Å². The average molecular weight is 566 g/mol. The Kier molecular flexibility index (Phi) is 8.51. The predicted octanol–water partition coefficient (Wildman–Crippen LogP) is 4.06. The van der Waals surface area contributed by atoms with E-state index in [0.29, 0.717) is 18.9 Å². The fraction of sp³-hybridized carbons (Fsp3) is 0.344. The average Bonchev–Trinajstić information content (AvgIpc) is 3.45. The summed E-state index contributed by atoms with van der Waals surface area (Å²) in [6.45, 7) is 3.34. The molecule has 216 valence electrons. The Balaban J connectivity index is 1.28. The van der Waals surface area contributed by atoms with Crippen LogP contribution in [0.4, 0.5) is 11.4 Å². The number of rotatable bonds is 9. The van der Waals surface area contributed by atoms with Crippen molar-refractivity contribution in [3.05, 3.63) is 90.8 Å². The van der Waals surface area contributed by atoms with Crippen molar-refractivity contribution in [2.45, 2.75) is 38.4 Å². The van der Waals surface area contributed by atoms with Crippen LogP contribution in [0.3, 0.4) is 0 Å². The van der Waals surface area contributed by atoms with Gasteiger partial charge in [-0.25, -0.2) is 4.68 Å². The molecule has 0 spiro atoms. The van der Waals surface area contributed by atoms with Crippen LogP contribution in [0, 0.1) is 5.92 Å². The van der Waals surface area contributed by atoms with Gasteiger partial charge in [-0.05, 0) is 73.2 Å². The number of carbonyl (C=O) groups excluding carboxylic acids is 2. The number of ether oxygens (including phenoxy) is 1. The second-order valence-corrected chi connectivity index (χ2v) is 10.7. The highest BCUT2D eigenvalue weighted by molar-refractivity contribution is 5.97. The monoisotopic (exact) mass is 565 g/mol. The van der Waals surface area contributed by atoms with E-state index < -0.39 is 6.04 Å². The summed E-state index contributed by atoms with van der Waals surface area (Å²) in [5.41, 5.74) is 4.14. The van der Waals surface area contributed by atoms with Gasteiger partial charge in [-0.2, -0.15) is 0 Å². The van der Waals surface area contributed by atoms with Crippen molar-refractivity contribution in [3.8, 4) is 0 Å². The number of aromatic nitrogens is 4. The molecule has 0 radical (unpaired) electrons. The maximum Gasteiger partial charge on any atom is 0.247 e. The molecule has 4 aromatic rings. The highest BCUT2D eigenvalue weighted by Gasteiger charge is 2.37. The third-order valence-corrected chi connectivity index (χ3v) is 7.97. The molecule has 42 heavy (non-hydrogen) atoms. The Morgan fingerprint density at radius 1 is 1.02 bits per heavy atom. The lowest BCUT2D eigenvalue weighted by Gasteiger charge is -2.37. The molecule has 1 saturated heterocycles. The Morgan fingerprint density at radius 2 is 1.86 bits per heavy atom. The molecule has 1 N–H and O–H groups in total. The number of nitrogens with zero attached hydrogens (tertiary/aromatic N) is 6. The molecule has 2 aliphatic rings. The van der Waals surface area contributed by atoms with Crippen molar-refractivity contribution in [2.24, 2.45) is 5.92 Å². The van der Waals surface area contributed by atoms with E-state index in [4.69, 9.17) is 4.74 Å². The van der Waals surface area contributed by atoms with Crippen molar-refractivity contribution in [3.63, 3.8) is 0 Å². The molecule has 10 nitrogen and oxygen atoms in total. The van der Waals surface area contributed by atoms with E-state index in [1.54, 1.807) is 22.0 Å². The fourth-order valence-electron chi connectivity index (χ4n) is 5.79. The zero-order chi connectivity index (χ0) is 28.7. The number of hydrogen-bond acceptors (Lipinski definition) is 7. The summed E-state index contributed by atoms with van der Waals surface area (Å²) in [6, 6.07) is 18.5. The van der Waals surface area contributed by atoms with Gasteiger partial charge in [0.2, 0.25) is 11.8 Å². The van der Waals surface area contributed by atoms with Gasteiger partial charge < -0.3 is 19.9 Å². The Labute approximate surface area is 245 Å². The second-order valence-electron chi connectivity index (χ2n) is 10.7. The van der Waals surface area contributed by atoms with Crippen LogP contribution < -0.4 is 10.2 Å². The third-order valence-electron chi connectivity index (χ3n) is 7.97. The van der Waals surface area contributed by atoms with Crippen LogP contribution in [0.2, 0.25) is 0 Å². The number of para-hydroxylation sites is 1. The predicted molar refractivity (Wildman–Crippen MR) is 161 cm³/mol. The molecule has 0 unspecified atom stereocenters. The molecular weight excluding hydrogens is 530 g/mol. The molecule has 1 aliphatic carbocycles. The first-order chi connectivity index (χ1) is 20.7. The van der Waals surface area contributed by atoms with Gasteiger partial charge in [0, 0.05) is 43.4 Å². The number of fused-ring (bicyclic) bond motifs is 1. The molecule has 6 rings (SSSR count). The quantitative estimate of drug-likeness (QED) is 0.305. The number of anilines is 2. The third kappa shape index (κ3) is 6.33. The minimum atomic E-state index is -0.684. The molecule has 10 heteroatoms. The first kappa shape index (κ1) is 27.6. The highest BCUT2D eigenvalue weighted by atomic mass is 16.5. The van der Waals surface area contributed by atoms with E-state index in [9.17, 15) is 9.59 Å². The van der Waals surface area contributed by atoms with E-state index in [-0.39, 0.29) is 30.8 Å². The molecular formula is C32H35N7O3. The van der Waals surface area contributed by atoms with E-state index in [1.807, 2.05) is 60.7 Å². The number of pyridine rings is 1. The minimum absolute atomic E-state index is 0.0264. The van der Waals surface area contributed by atoms with Gasteiger partial charge >= 0.3 is 0 Å². The van der Waals surface area contributed by atoms with E-state index in [1.165, 1.54) is 0 Å². The largest absolute Gasteiger partial charge is 0.378 e. The summed E-state index contributed by atoms with van der Waals surface area (Å²) < 4.78 is 7.08. The lowest BCUT2D eigenvalue weighted by molar-refractivity contribution is -0.142. The SMILES string of the molecule is O=C(Nc1ccc(N2CCOCC2)cc1)[C@@H]([C@H]1CC=CCC1)N(Cc1cccnc1)C(=O)Cn1nnc2ccccc21. The van der Waals surface area contributed by atoms with Crippen LogP contribution in [-0.4, -0.2) is 69.0 Å². The van der Waals surface area contributed by atoms with Gasteiger partial charge in [-0.1, -0.05) is 35.6 Å². The number of benzene rings is 2. The van der Waals surface area contributed by atoms with Gasteiger partial charge in [0.25, 0.3) is 0 Å². The maximum atomic E-state index is 14.1. The Morgan fingerprint density at radius 3 is 2.62 bits per heavy atom. The van der Waals surface area contributed by atoms with Gasteiger partial charge in [-0.3, -0.25) is 14.6 Å². The van der Waals surface area contributed by atoms with Gasteiger partial charge in [0.1, 0.15) is 18.1 Å². The number of nitrogens with one attached hydrogen (secondary N) is 1. The second kappa shape index (κ2) is 12.9. The lowest BCUT2D eigenvalue weighted by Crippen LogP contribution is -2.52. The molecule has 0 saturated carbocycles. The Bertz CT molecular complexity index is 1530. The topological polar surface area (TPSA) is 105 Å². The zero-order valence-electron chi connectivity index (χ0n) is 23.5. The summed E-state index contributed by atoms with van der Waals surface area (Å²) in [6.07, 6.45) is 10.1. The number of amides is 2. The van der Waals surface area contributed by atoms with Crippen molar-refractivity contribution >= 4 is 34.2 Å². The molecule has 3 heterocycles. The molecule has 2 atom stereocenters. The molecule has 2 amide bonds. The van der Waals surface area contributed by atoms with Crippen LogP contribution in [0.15, 0.2) is 85.2 Å². The van der Waals surface area contributed by atoms with Gasteiger partial charge in [-0.15, -0.1) is 5.10 Å². The summed E-state index contributed by atoms with van der Waals surface area (Å²) in [5, 5.41) is 11.6. The number of carbonyl (C=O) groups is 2. The van der Waals surface area contributed by atoms with Crippen molar-refractivity contribution < 1.29 is 14.3 Å². The van der Waals surface area contributed by atoms with Gasteiger partial charge in [0.15, 0.2) is 0 Å². The van der Waals surface area contributed by atoms with E-state index in [0.717, 1.165) is 54.6 Å². The summed E-state index contributed by atoms with van der Waals surface area (Å²) in [4.78, 5) is 36.5. The molecule has 2 aromatic carbocycles. The Hall–Kier alpha value is -4.57. The van der Waals surface area contributed by atoms with Crippen LogP contribution in [0.25, 0.3) is 11.0 Å². The van der Waals surface area contributed by atoms with Crippen LogP contribution >= 0.6 is 0 Å². The maximum absolute atomic E-state index is 14.1. The number of hydrogen-bond donors (Lipinski definition) is 1. The van der Waals surface area contributed by atoms with Crippen LogP contribution in [0.1, 0.15) is 24.8 Å². The van der Waals surface area contributed by atoms with Crippen molar-refractivity contribution in [1.82, 2.24) is 24.9 Å². The normalized spacial score (nSPS) is 17.6. The highest BCUT2D eigenvalue weighted by Crippen LogP contribution is 2.29. The molecule has 1 fully saturated rings. The molecule has 0 bridgehead atoms. The number of allylic oxidation sites excluding steroid dienone is 2. The van der Waals surface area contributed by atoms with E-state index in [2.05, 4.69) is 37.7 Å². The first-order valence-electron chi connectivity index (χ1n) is 14.5. The molecule has 1 aliphatic heterocycles. The van der Waals surface area contributed by atoms with E-state index >= 15 is 0 Å². The van der Waals surface area contributed by atoms with Crippen LogP contribution in [-0.2, 0) is 27.4 Å². The number of morpholine rings is 1. The smallest absolute Gasteiger partial charge is 0.247 e. The molecule has 2 aromatic heterocycles. The fourth-order valence-corrected chi connectivity index (χ4v) is 5.79. The summed E-state index contributed by atoms with van der Waals surface area (Å²) >= 11 is 0. The minimum Gasteiger partial charge on any atom is -0.378 e. The summed E-state index contributed by atoms with van der Waals surface area (Å²) in [7, 11) is 0.